The average molecular weight is 491 g/mol. The second kappa shape index (κ2) is 8.52. The molecular formula is C27H30N4O3S. The molecule has 35 heavy (non-hydrogen) atoms. The number of nitrogens with zero attached hydrogens (tertiary/aromatic N) is 3. The van der Waals surface area contributed by atoms with Crippen molar-refractivity contribution in [3.05, 3.63) is 57.9 Å². The largest absolute Gasteiger partial charge is 0.486 e. The van der Waals surface area contributed by atoms with Gasteiger partial charge in [0.2, 0.25) is 5.91 Å². The highest BCUT2D eigenvalue weighted by Gasteiger charge is 2.46. The molecule has 182 valence electrons. The van der Waals surface area contributed by atoms with Crippen LogP contribution in [-0.2, 0) is 16.8 Å². The van der Waals surface area contributed by atoms with Gasteiger partial charge in [0.1, 0.15) is 19.8 Å². The highest BCUT2D eigenvalue weighted by molar-refractivity contribution is 7.71. The van der Waals surface area contributed by atoms with E-state index in [1.54, 1.807) is 0 Å². The van der Waals surface area contributed by atoms with Crippen molar-refractivity contribution in [2.75, 3.05) is 19.8 Å². The summed E-state index contributed by atoms with van der Waals surface area (Å²) in [5, 5.41) is 7.33. The first kappa shape index (κ1) is 22.3. The van der Waals surface area contributed by atoms with Crippen LogP contribution >= 0.6 is 12.2 Å². The summed E-state index contributed by atoms with van der Waals surface area (Å²) >= 11 is 5.53. The number of fused-ring (bicyclic) bond motifs is 3. The van der Waals surface area contributed by atoms with Crippen molar-refractivity contribution < 1.29 is 14.3 Å². The number of amides is 1. The number of ether oxygens (including phenoxy) is 2. The Bertz CT molecular complexity index is 1350. The van der Waals surface area contributed by atoms with Crippen molar-refractivity contribution in [3.63, 3.8) is 0 Å². The summed E-state index contributed by atoms with van der Waals surface area (Å²) in [4.78, 5) is 15.9. The maximum absolute atomic E-state index is 13.9. The Morgan fingerprint density at radius 1 is 1.17 bits per heavy atom. The highest BCUT2D eigenvalue weighted by atomic mass is 32.1. The number of aryl methyl sites for hydroxylation is 1. The van der Waals surface area contributed by atoms with Crippen LogP contribution in [0.25, 0.3) is 11.4 Å². The molecule has 0 radical (unpaired) electrons. The number of rotatable bonds is 3. The molecule has 1 atom stereocenters. The molecule has 0 bridgehead atoms. The lowest BCUT2D eigenvalue weighted by molar-refractivity contribution is -0.135. The van der Waals surface area contributed by atoms with Crippen molar-refractivity contribution in [3.8, 4) is 22.9 Å². The summed E-state index contributed by atoms with van der Waals surface area (Å²) in [6.45, 7) is 6.15. The molecule has 3 aromatic rings. The number of carbonyl (C=O) groups is 1. The van der Waals surface area contributed by atoms with Crippen LogP contribution < -0.4 is 9.47 Å². The monoisotopic (exact) mass is 490 g/mol. The minimum absolute atomic E-state index is 0.0371. The smallest absolute Gasteiger partial charge is 0.243 e. The van der Waals surface area contributed by atoms with Crippen LogP contribution in [0.1, 0.15) is 55.3 Å². The number of aromatic amines is 1. The van der Waals surface area contributed by atoms with Gasteiger partial charge in [0.15, 0.2) is 22.1 Å². The number of nitrogens with one attached hydrogen (secondary N) is 1. The molecule has 1 aliphatic carbocycles. The first-order valence-corrected chi connectivity index (χ1v) is 12.8. The van der Waals surface area contributed by atoms with Crippen molar-refractivity contribution in [1.29, 1.82) is 0 Å². The van der Waals surface area contributed by atoms with E-state index in [9.17, 15) is 4.79 Å². The number of carbonyl (C=O) groups excluding carboxylic acids is 1. The normalized spacial score (nSPS) is 20.2. The lowest BCUT2D eigenvalue weighted by Gasteiger charge is -2.46. The van der Waals surface area contributed by atoms with E-state index in [1.165, 1.54) is 24.0 Å². The highest BCUT2D eigenvalue weighted by Crippen LogP contribution is 2.52. The van der Waals surface area contributed by atoms with Gasteiger partial charge in [-0.05, 0) is 68.2 Å². The molecule has 0 saturated heterocycles. The SMILES string of the molecule is Cc1cccc(-c2n[nH]c(=S)n2CC(=O)N2CC3(CCCC3)c3cc4c(cc3[C@H]2C)OCCO4)c1. The van der Waals surface area contributed by atoms with Crippen molar-refractivity contribution >= 4 is 18.1 Å². The fourth-order valence-electron chi connectivity index (χ4n) is 6.10. The molecule has 1 saturated carbocycles. The molecule has 2 aromatic carbocycles. The zero-order valence-electron chi connectivity index (χ0n) is 20.2. The summed E-state index contributed by atoms with van der Waals surface area (Å²) in [5.41, 5.74) is 4.54. The molecule has 7 nitrogen and oxygen atoms in total. The van der Waals surface area contributed by atoms with E-state index < -0.39 is 0 Å². The fourth-order valence-corrected chi connectivity index (χ4v) is 6.30. The van der Waals surface area contributed by atoms with E-state index in [2.05, 4.69) is 35.3 Å². The van der Waals surface area contributed by atoms with Gasteiger partial charge in [-0.1, -0.05) is 36.6 Å². The van der Waals surface area contributed by atoms with E-state index in [0.29, 0.717) is 30.4 Å². The van der Waals surface area contributed by atoms with Crippen LogP contribution in [0.2, 0.25) is 0 Å². The Morgan fingerprint density at radius 3 is 2.66 bits per heavy atom. The summed E-state index contributed by atoms with van der Waals surface area (Å²) < 4.78 is 14.1. The van der Waals surface area contributed by atoms with Gasteiger partial charge in [-0.2, -0.15) is 5.10 Å². The van der Waals surface area contributed by atoms with Gasteiger partial charge in [0.25, 0.3) is 0 Å². The number of hydrogen-bond donors (Lipinski definition) is 1. The van der Waals surface area contributed by atoms with E-state index in [1.807, 2.05) is 34.6 Å². The van der Waals surface area contributed by atoms with E-state index in [-0.39, 0.29) is 23.9 Å². The maximum atomic E-state index is 13.9. The first-order chi connectivity index (χ1) is 16.9. The summed E-state index contributed by atoms with van der Waals surface area (Å²) in [5.74, 6) is 2.35. The fraction of sp³-hybridized carbons (Fsp3) is 0.444. The van der Waals surface area contributed by atoms with Crippen LogP contribution in [0.5, 0.6) is 11.5 Å². The molecule has 1 fully saturated rings. The van der Waals surface area contributed by atoms with Crippen molar-refractivity contribution in [2.24, 2.45) is 0 Å². The third-order valence-electron chi connectivity index (χ3n) is 7.89. The second-order valence-electron chi connectivity index (χ2n) is 10.1. The molecular weight excluding hydrogens is 460 g/mol. The molecule has 1 amide bonds. The zero-order chi connectivity index (χ0) is 24.2. The first-order valence-electron chi connectivity index (χ1n) is 12.4. The zero-order valence-corrected chi connectivity index (χ0v) is 21.0. The maximum Gasteiger partial charge on any atom is 0.243 e. The van der Waals surface area contributed by atoms with Gasteiger partial charge >= 0.3 is 0 Å². The van der Waals surface area contributed by atoms with E-state index in [4.69, 9.17) is 21.7 Å². The van der Waals surface area contributed by atoms with E-state index in [0.717, 1.165) is 35.5 Å². The van der Waals surface area contributed by atoms with E-state index >= 15 is 0 Å². The topological polar surface area (TPSA) is 72.4 Å². The number of H-pyrrole nitrogens is 1. The summed E-state index contributed by atoms with van der Waals surface area (Å²) in [6, 6.07) is 12.3. The van der Waals surface area contributed by atoms with Crippen molar-refractivity contribution in [2.45, 2.75) is 57.5 Å². The molecule has 0 unspecified atom stereocenters. The Hall–Kier alpha value is -3.13. The number of hydrogen-bond acceptors (Lipinski definition) is 5. The standard InChI is InChI=1S/C27H30N4O3S/c1-17-6-5-7-19(12-17)25-28-29-26(35)30(25)15-24(32)31-16-27(8-3-4-9-27)21-14-23-22(33-10-11-34-23)13-20(21)18(31)2/h5-7,12-14,18H,3-4,8-11,15-16H2,1-2H3,(H,29,35)/t18-/m1/s1. The summed E-state index contributed by atoms with van der Waals surface area (Å²) in [7, 11) is 0. The van der Waals surface area contributed by atoms with Crippen LogP contribution in [0.15, 0.2) is 36.4 Å². The predicted octanol–water partition coefficient (Wildman–Crippen LogP) is 5.10. The van der Waals surface area contributed by atoms with Crippen LogP contribution in [0.4, 0.5) is 0 Å². The minimum Gasteiger partial charge on any atom is -0.486 e. The molecule has 6 rings (SSSR count). The lowest BCUT2D eigenvalue weighted by Crippen LogP contribution is -2.49. The molecule has 3 aliphatic rings. The average Bonchev–Trinajstić information content (AvgIpc) is 3.48. The Kier molecular flexibility index (Phi) is 5.44. The van der Waals surface area contributed by atoms with Gasteiger partial charge in [-0.15, -0.1) is 0 Å². The van der Waals surface area contributed by atoms with Crippen molar-refractivity contribution in [1.82, 2.24) is 19.7 Å². The summed E-state index contributed by atoms with van der Waals surface area (Å²) in [6.07, 6.45) is 4.51. The Morgan fingerprint density at radius 2 is 1.91 bits per heavy atom. The quantitative estimate of drug-likeness (QED) is 0.517. The molecule has 2 aliphatic heterocycles. The van der Waals surface area contributed by atoms with Gasteiger partial charge in [0, 0.05) is 17.5 Å². The molecule has 3 heterocycles. The lowest BCUT2D eigenvalue weighted by atomic mass is 9.71. The third-order valence-corrected chi connectivity index (χ3v) is 8.20. The van der Waals surface area contributed by atoms with Gasteiger partial charge in [0.05, 0.1) is 6.04 Å². The third kappa shape index (κ3) is 3.75. The Balaban J connectivity index is 1.36. The molecule has 1 N–H and O–H groups in total. The van der Waals surface area contributed by atoms with Crippen LogP contribution in [0.3, 0.4) is 0 Å². The number of benzene rings is 2. The molecule has 1 aromatic heterocycles. The minimum atomic E-state index is -0.0666. The second-order valence-corrected chi connectivity index (χ2v) is 10.5. The van der Waals surface area contributed by atoms with Gasteiger partial charge < -0.3 is 14.4 Å². The molecule has 1 spiro atoms. The van der Waals surface area contributed by atoms with Gasteiger partial charge in [-0.3, -0.25) is 14.5 Å². The molecule has 8 heteroatoms. The Labute approximate surface area is 210 Å². The van der Waals surface area contributed by atoms with Gasteiger partial charge in [-0.25, -0.2) is 0 Å². The van der Waals surface area contributed by atoms with Crippen LogP contribution in [0, 0.1) is 11.7 Å². The predicted molar refractivity (Wildman–Crippen MR) is 135 cm³/mol. The van der Waals surface area contributed by atoms with Crippen LogP contribution in [-0.4, -0.2) is 45.3 Å². The number of aromatic nitrogens is 3.